The Morgan fingerprint density at radius 3 is 1.11 bits per heavy atom. The molecular formula is C90H184N5O42P3S2. The standard InChI is InChI=1S/C66H122N5O35P3.C15H32O4.3C2H6.3CH4O.S2/c1-44-57(79)58(80)50(38-72)101-63(44)94-31-9-5-8-22-69-23-16-47(17-24-69)104-107(85,86)98-34-12-29-92-42-66(41-91-4,97-36-37-100-109(89,90)106-49-20-27-71(28-21-49)54(78)15-7-11-33-96-65-56(68-46(3)76)62(84)60(82)52(40-74)103-65)43-93-30-13-35-99-108(87,88)105-48-18-25-70(26-19-48)53(77)14-6-10-32-95-64-55(67-45(2)75)61(83)59(81)51(39-73)102-64;1-5-8-11-19-15(12-16-4,13-17-9-6-2)14-18-10-7-3;7*1-2/h44,47-52,55-65,72-74,79-84H,5-43H2,1-4H3,(H,67,75)(H,68,76)(H,85,86)(H,87,88)(H,89,90);5-14H2,1-4H3;3*1-2H3;3*2H,1H3;/i;1D,2D,3D;;;;3*2T;. The molecule has 52 heteroatoms. The van der Waals surface area contributed by atoms with Crippen molar-refractivity contribution in [2.45, 2.75) is 333 Å². The molecule has 0 aromatic carbocycles. The summed E-state index contributed by atoms with van der Waals surface area (Å²) in [4.78, 5) is 87.2. The fourth-order valence-corrected chi connectivity index (χ4v) is 18.0. The highest BCUT2D eigenvalue weighted by Crippen LogP contribution is 2.49. The van der Waals surface area contributed by atoms with Crippen LogP contribution in [-0.4, -0.2) is 454 Å². The lowest BCUT2D eigenvalue weighted by atomic mass is 9.92. The van der Waals surface area contributed by atoms with Gasteiger partial charge in [-0.25, -0.2) is 13.7 Å². The zero-order chi connectivity index (χ0) is 112. The third-order valence-electron chi connectivity index (χ3n) is 22.0. The Morgan fingerprint density at radius 1 is 0.423 bits per heavy atom. The SMILES string of the molecule is CC.CC.CC.COCC(COCCCOP(=O)(O)OC1CCN(CCCCCOC2OC(CO)C(O)C(O)C2C)CC1)(COCCCOP(=O)(O)OC1CCN(C(=O)CCCCOC2OC(CO)C(O)C(O)C2NC(C)=O)CC1)OCCOP(=O)(O)OC1CCN(C(=O)CCCCOC2OC(CO)C(O)C(O)C2NC(C)=O)CC1.S=S.[2H]CCCCOC(COC)(COCCC[2H])COCCC[2H].[3H]OC.[3H]OC.[3H]OC. The molecule has 6 saturated heterocycles. The summed E-state index contributed by atoms with van der Waals surface area (Å²) in [5, 5.41) is 106. The van der Waals surface area contributed by atoms with E-state index in [0.29, 0.717) is 131 Å². The maximum atomic E-state index is 13.3. The van der Waals surface area contributed by atoms with Crippen LogP contribution in [0, 0.1) is 5.92 Å². The van der Waals surface area contributed by atoms with Crippen LogP contribution in [0.5, 0.6) is 0 Å². The predicted octanol–water partition coefficient (Wildman–Crippen LogP) is 3.51. The van der Waals surface area contributed by atoms with Gasteiger partial charge in [0.25, 0.3) is 0 Å². The Labute approximate surface area is 861 Å². The minimum absolute atomic E-state index is 0.0214. The van der Waals surface area contributed by atoms with Crippen LogP contribution in [0.4, 0.5) is 0 Å². The predicted molar refractivity (Wildman–Crippen MR) is 529 cm³/mol. The lowest BCUT2D eigenvalue weighted by Gasteiger charge is -2.42. The third kappa shape index (κ3) is 60.1. The van der Waals surface area contributed by atoms with Crippen LogP contribution in [-0.2, 0) is 149 Å². The minimum Gasteiger partial charge on any atom is -0.400 e. The van der Waals surface area contributed by atoms with E-state index < -0.39 is 183 Å². The largest absolute Gasteiger partial charge is 0.472 e. The molecule has 0 saturated carbocycles. The van der Waals surface area contributed by atoms with Crippen LogP contribution in [0.3, 0.4) is 0 Å². The number of phosphoric acid groups is 3. The maximum absolute atomic E-state index is 13.3. The van der Waals surface area contributed by atoms with Crippen molar-refractivity contribution in [1.29, 1.82) is 4.29 Å². The van der Waals surface area contributed by atoms with E-state index in [1.54, 1.807) is 23.8 Å². The number of piperidine rings is 3. The van der Waals surface area contributed by atoms with Crippen molar-refractivity contribution in [1.82, 2.24) is 25.3 Å². The van der Waals surface area contributed by atoms with Gasteiger partial charge in [0.2, 0.25) is 27.9 Å². The van der Waals surface area contributed by atoms with E-state index in [0.717, 1.165) is 38.6 Å². The van der Waals surface area contributed by atoms with Gasteiger partial charge in [0.1, 0.15) is 72.1 Å². The zero-order valence-electron chi connectivity index (χ0n) is 92.3. The van der Waals surface area contributed by atoms with E-state index in [1.165, 1.54) is 42.3 Å². The van der Waals surface area contributed by atoms with Gasteiger partial charge in [-0.2, -0.15) is 0 Å². The highest BCUT2D eigenvalue weighted by Gasteiger charge is 2.48. The number of aliphatic hydroxyl groups excluding tert-OH is 12. The van der Waals surface area contributed by atoms with Gasteiger partial charge >= 0.3 is 23.5 Å². The number of phosphoric ester groups is 3. The lowest BCUT2D eigenvalue weighted by molar-refractivity contribution is -0.282. The number of hydrogen-bond acceptors (Lipinski definition) is 42. The fraction of sp³-hybridized carbons (Fsp3) is 0.956. The maximum Gasteiger partial charge on any atom is 0.472 e. The first kappa shape index (κ1) is 132. The number of ether oxygens (including phenoxy) is 14. The van der Waals surface area contributed by atoms with Crippen LogP contribution in [0.1, 0.15) is 222 Å². The number of carbonyl (C=O) groups is 4. The second-order valence-corrected chi connectivity index (χ2v) is 36.9. The minimum atomic E-state index is -4.70. The molecule has 848 valence electrons. The molecule has 6 fully saturated rings. The summed E-state index contributed by atoms with van der Waals surface area (Å²) in [6.07, 6.45) is -6.87. The molecule has 19 atom stereocenters. The van der Waals surface area contributed by atoms with Crippen LogP contribution < -0.4 is 10.6 Å². The zero-order valence-corrected chi connectivity index (χ0v) is 90.6. The Kier molecular flexibility index (Phi) is 80.8. The van der Waals surface area contributed by atoms with Gasteiger partial charge in [0.15, 0.2) is 18.9 Å². The Balaban J connectivity index is -0.00000458. The van der Waals surface area contributed by atoms with E-state index in [2.05, 4.69) is 53.2 Å². The molecule has 6 heterocycles. The number of carbonyl (C=O) groups excluding carboxylic acids is 4. The van der Waals surface area contributed by atoms with Crippen LogP contribution in [0.15, 0.2) is 0 Å². The number of nitrogens with one attached hydrogen (secondary N) is 2. The summed E-state index contributed by atoms with van der Waals surface area (Å²) < 4.78 is 191. The summed E-state index contributed by atoms with van der Waals surface area (Å²) >= 11 is 7.33. The summed E-state index contributed by atoms with van der Waals surface area (Å²) in [5.41, 5.74) is -2.07. The molecule has 0 aromatic heterocycles. The Bertz CT molecular complexity index is 3310. The first-order valence-corrected chi connectivity index (χ1v) is 54.8. The molecule has 0 aromatic rings. The number of amides is 4. The molecule has 6 aliphatic rings. The van der Waals surface area contributed by atoms with Crippen molar-refractivity contribution in [3.05, 3.63) is 0 Å². The molecule has 142 heavy (non-hydrogen) atoms. The number of nitrogens with zero attached hydrogens (tertiary/aromatic N) is 3. The highest BCUT2D eigenvalue weighted by molar-refractivity contribution is 8.07. The molecule has 0 radical (unpaired) electrons. The number of unbranched alkanes of at least 4 members (excludes halogenated alkanes) is 5. The van der Waals surface area contributed by atoms with Gasteiger partial charge in [0.05, 0.1) is 110 Å². The number of methoxy groups -OCH3 is 2. The summed E-state index contributed by atoms with van der Waals surface area (Å²) in [7, 11) is -6.88. The fourth-order valence-electron chi connectivity index (χ4n) is 15.0. The average Bonchev–Trinajstić information content (AvgIpc) is 0.815. The topological polar surface area (TPSA) is 641 Å². The monoisotopic (exact) mass is 2170 g/mol. The average molecular weight is 2170 g/mol. The summed E-state index contributed by atoms with van der Waals surface area (Å²) in [6.45, 7) is 19.9. The van der Waals surface area contributed by atoms with Crippen molar-refractivity contribution in [3.8, 4) is 0 Å². The van der Waals surface area contributed by atoms with Gasteiger partial charge in [-0.3, -0.25) is 46.3 Å². The normalized spacial score (nSPS) is 25.5. The van der Waals surface area contributed by atoms with Gasteiger partial charge in [-0.05, 0) is 122 Å². The van der Waals surface area contributed by atoms with E-state index in [-0.39, 0.29) is 155 Å². The van der Waals surface area contributed by atoms with Crippen LogP contribution in [0.2, 0.25) is 0 Å². The lowest BCUT2D eigenvalue weighted by Crippen LogP contribution is -2.64. The summed E-state index contributed by atoms with van der Waals surface area (Å²) in [6, 6.07) is -2.20. The quantitative estimate of drug-likeness (QED) is 0.0306. The number of rotatable bonds is 65. The molecule has 47 nitrogen and oxygen atoms in total. The van der Waals surface area contributed by atoms with Crippen molar-refractivity contribution < 1.29 is 206 Å². The van der Waals surface area contributed by atoms with Crippen LogP contribution >= 0.6 is 23.5 Å². The number of likely N-dealkylation sites (tertiary alicyclic amines) is 3. The van der Waals surface area contributed by atoms with E-state index in [4.69, 9.17) is 102 Å². The van der Waals surface area contributed by atoms with Crippen molar-refractivity contribution in [3.63, 3.8) is 0 Å². The van der Waals surface area contributed by atoms with Gasteiger partial charge in [-0.15, -0.1) is 0 Å². The molecule has 4 amide bonds. The first-order chi connectivity index (χ1) is 70.9. The first-order valence-electron chi connectivity index (χ1n) is 52.4. The number of hydrogen-bond donors (Lipinski definition) is 17. The molecule has 17 N–H and O–H groups in total. The molecule has 6 rings (SSSR count). The summed E-state index contributed by atoms with van der Waals surface area (Å²) in [5.74, 6) is -1.79. The molecular weight excluding hydrogens is 1980 g/mol. The molecule has 19 unspecified atom stereocenters. The second kappa shape index (κ2) is 87.0. The van der Waals surface area contributed by atoms with E-state index in [1.807, 2.05) is 41.5 Å². The number of aliphatic hydroxyl groups is 12. The highest BCUT2D eigenvalue weighted by atomic mass is 32.8. The molecule has 6 aliphatic heterocycles. The molecule has 0 aliphatic carbocycles. The molecule has 0 spiro atoms. The smallest absolute Gasteiger partial charge is 0.400 e. The van der Waals surface area contributed by atoms with Gasteiger partial charge in [0, 0.05) is 187 Å². The van der Waals surface area contributed by atoms with Crippen molar-refractivity contribution in [2.24, 2.45) is 5.92 Å². The van der Waals surface area contributed by atoms with Gasteiger partial charge in [-0.1, -0.05) is 75.6 Å². The van der Waals surface area contributed by atoms with E-state index in [9.17, 15) is 93.5 Å². The Morgan fingerprint density at radius 2 is 0.754 bits per heavy atom. The Hall–Kier alpha value is -2.43. The second-order valence-electron chi connectivity index (χ2n) is 32.7. The van der Waals surface area contributed by atoms with Crippen molar-refractivity contribution >= 4 is 69.5 Å². The van der Waals surface area contributed by atoms with E-state index >= 15 is 0 Å². The van der Waals surface area contributed by atoms with Crippen molar-refractivity contribution in [2.75, 3.05) is 220 Å². The third-order valence-corrected chi connectivity index (χ3v) is 25.2. The van der Waals surface area contributed by atoms with Gasteiger partial charge < -0.3 is 168 Å². The van der Waals surface area contributed by atoms with Crippen LogP contribution in [0.25, 0.3) is 0 Å². The molecule has 0 bridgehead atoms.